The molecule has 0 bridgehead atoms. The molecule has 6 rings (SSSR count). The maximum Gasteiger partial charge on any atom is 0.333 e. The Morgan fingerprint density at radius 3 is 2.37 bits per heavy atom. The third-order valence-electron chi connectivity index (χ3n) is 9.21. The van der Waals surface area contributed by atoms with E-state index in [-0.39, 0.29) is 23.4 Å². The van der Waals surface area contributed by atoms with Crippen LogP contribution in [-0.2, 0) is 33.8 Å². The molecule has 0 radical (unpaired) electrons. The zero-order valence-corrected chi connectivity index (χ0v) is 27.2. The molecule has 1 aliphatic heterocycles. The molecular weight excluding hydrogens is 578 g/mol. The summed E-state index contributed by atoms with van der Waals surface area (Å²) in [6, 6.07) is 24.3. The van der Waals surface area contributed by atoms with E-state index in [1.807, 2.05) is 42.5 Å². The molecule has 3 heterocycles. The number of fused-ring (bicyclic) bond motifs is 2. The average Bonchev–Trinajstić information content (AvgIpc) is 3.58. The summed E-state index contributed by atoms with van der Waals surface area (Å²) < 4.78 is 16.4. The minimum absolute atomic E-state index is 0.0738. The van der Waals surface area contributed by atoms with Gasteiger partial charge in [-0.05, 0) is 73.6 Å². The van der Waals surface area contributed by atoms with Crippen LogP contribution in [-0.4, -0.2) is 70.0 Å². The highest BCUT2D eigenvalue weighted by Crippen LogP contribution is 2.30. The molecule has 1 amide bonds. The molecule has 2 aromatic heterocycles. The van der Waals surface area contributed by atoms with Gasteiger partial charge in [-0.3, -0.25) is 13.9 Å². The minimum Gasteiger partial charge on any atom is -0.385 e. The molecule has 242 valence electrons. The molecule has 46 heavy (non-hydrogen) atoms. The number of piperidine rings is 1. The van der Waals surface area contributed by atoms with E-state index in [1.54, 1.807) is 23.4 Å². The highest BCUT2D eigenvalue weighted by atomic mass is 16.5. The SMILES string of the molecule is COCCCn1c([C@@H]2CCCN(C(=O)C[C@H](C)Cc3ccc(-n4c(=O)n(CCOC)c5ccccc54)cc3)C2)nc2ccccc21. The van der Waals surface area contributed by atoms with Gasteiger partial charge in [0.2, 0.25) is 5.91 Å². The Kier molecular flexibility index (Phi) is 10.00. The van der Waals surface area contributed by atoms with E-state index >= 15 is 0 Å². The molecular formula is C37H45N5O4. The lowest BCUT2D eigenvalue weighted by atomic mass is 9.94. The molecule has 1 fully saturated rings. The van der Waals surface area contributed by atoms with Crippen LogP contribution < -0.4 is 5.69 Å². The normalized spacial score (nSPS) is 16.0. The van der Waals surface area contributed by atoms with Crippen molar-refractivity contribution in [3.05, 3.63) is 94.7 Å². The number of methoxy groups -OCH3 is 2. The van der Waals surface area contributed by atoms with Crippen LogP contribution in [0.5, 0.6) is 0 Å². The van der Waals surface area contributed by atoms with Crippen molar-refractivity contribution in [1.82, 2.24) is 23.6 Å². The van der Waals surface area contributed by atoms with Crippen molar-refractivity contribution in [3.63, 3.8) is 0 Å². The van der Waals surface area contributed by atoms with Crippen LogP contribution in [0.3, 0.4) is 0 Å². The fourth-order valence-electron chi connectivity index (χ4n) is 6.96. The third-order valence-corrected chi connectivity index (χ3v) is 9.21. The van der Waals surface area contributed by atoms with E-state index in [0.717, 1.165) is 77.9 Å². The molecule has 5 aromatic rings. The van der Waals surface area contributed by atoms with Gasteiger partial charge in [0.25, 0.3) is 0 Å². The number of benzene rings is 3. The first-order valence-electron chi connectivity index (χ1n) is 16.5. The third kappa shape index (κ3) is 6.66. The van der Waals surface area contributed by atoms with Gasteiger partial charge in [0, 0.05) is 52.8 Å². The molecule has 1 saturated heterocycles. The van der Waals surface area contributed by atoms with Gasteiger partial charge in [0.15, 0.2) is 0 Å². The molecule has 9 heteroatoms. The van der Waals surface area contributed by atoms with Crippen LogP contribution >= 0.6 is 0 Å². The van der Waals surface area contributed by atoms with Crippen LogP contribution in [0.15, 0.2) is 77.6 Å². The smallest absolute Gasteiger partial charge is 0.333 e. The Morgan fingerprint density at radius 2 is 1.61 bits per heavy atom. The topological polar surface area (TPSA) is 83.5 Å². The Labute approximate surface area is 270 Å². The quantitative estimate of drug-likeness (QED) is 0.155. The van der Waals surface area contributed by atoms with Crippen molar-refractivity contribution >= 4 is 28.0 Å². The maximum atomic E-state index is 13.6. The first kappa shape index (κ1) is 31.8. The highest BCUT2D eigenvalue weighted by Gasteiger charge is 2.29. The molecule has 0 saturated carbocycles. The number of para-hydroxylation sites is 4. The predicted molar refractivity (Wildman–Crippen MR) is 182 cm³/mol. The second-order valence-electron chi connectivity index (χ2n) is 12.6. The number of rotatable bonds is 13. The van der Waals surface area contributed by atoms with Gasteiger partial charge in [-0.1, -0.05) is 43.3 Å². The first-order valence-corrected chi connectivity index (χ1v) is 16.5. The molecule has 0 unspecified atom stereocenters. The zero-order chi connectivity index (χ0) is 32.0. The molecule has 0 N–H and O–H groups in total. The van der Waals surface area contributed by atoms with Gasteiger partial charge in [-0.25, -0.2) is 9.78 Å². The lowest BCUT2D eigenvalue weighted by molar-refractivity contribution is -0.133. The van der Waals surface area contributed by atoms with E-state index in [2.05, 4.69) is 46.7 Å². The van der Waals surface area contributed by atoms with E-state index in [9.17, 15) is 9.59 Å². The Morgan fingerprint density at radius 1 is 0.891 bits per heavy atom. The van der Waals surface area contributed by atoms with Gasteiger partial charge in [-0.15, -0.1) is 0 Å². The van der Waals surface area contributed by atoms with Gasteiger partial charge in [-0.2, -0.15) is 0 Å². The van der Waals surface area contributed by atoms with Crippen molar-refractivity contribution in [2.75, 3.05) is 40.5 Å². The molecule has 0 spiro atoms. The van der Waals surface area contributed by atoms with Gasteiger partial charge in [0.05, 0.1) is 40.9 Å². The van der Waals surface area contributed by atoms with Crippen LogP contribution in [0.25, 0.3) is 27.8 Å². The largest absolute Gasteiger partial charge is 0.385 e. The number of nitrogens with zero attached hydrogens (tertiary/aromatic N) is 5. The van der Waals surface area contributed by atoms with Gasteiger partial charge < -0.3 is 18.9 Å². The number of hydrogen-bond donors (Lipinski definition) is 0. The number of hydrogen-bond acceptors (Lipinski definition) is 5. The monoisotopic (exact) mass is 623 g/mol. The van der Waals surface area contributed by atoms with E-state index in [4.69, 9.17) is 14.5 Å². The molecule has 3 aromatic carbocycles. The number of ether oxygens (including phenoxy) is 2. The summed E-state index contributed by atoms with van der Waals surface area (Å²) in [5, 5.41) is 0. The van der Waals surface area contributed by atoms with Crippen molar-refractivity contribution in [2.24, 2.45) is 5.92 Å². The first-order chi connectivity index (χ1) is 22.5. The van der Waals surface area contributed by atoms with Gasteiger partial charge in [0.1, 0.15) is 5.82 Å². The summed E-state index contributed by atoms with van der Waals surface area (Å²) in [4.78, 5) is 34.0. The standard InChI is InChI=1S/C37H45N5O4/c1-27(24-28-15-17-30(18-16-28)42-34-14-7-6-13-33(34)41(37(42)44)21-23-46-3)25-35(43)39-19-8-10-29(26-39)36-38-31-11-4-5-12-32(31)40(36)20-9-22-45-2/h4-7,11-18,27,29H,8-10,19-26H2,1-3H3/t27-,29-/m1/s1. The van der Waals surface area contributed by atoms with E-state index in [1.165, 1.54) is 0 Å². The molecule has 2 atom stereocenters. The molecule has 9 nitrogen and oxygen atoms in total. The lowest BCUT2D eigenvalue weighted by Gasteiger charge is -2.33. The number of likely N-dealkylation sites (tertiary alicyclic amines) is 1. The highest BCUT2D eigenvalue weighted by molar-refractivity contribution is 5.79. The van der Waals surface area contributed by atoms with Crippen molar-refractivity contribution in [1.29, 1.82) is 0 Å². The summed E-state index contributed by atoms with van der Waals surface area (Å²) in [6.45, 7) is 6.19. The fraction of sp³-hybridized carbons (Fsp3) is 0.432. The summed E-state index contributed by atoms with van der Waals surface area (Å²) in [5.41, 5.74) is 5.84. The number of aromatic nitrogens is 4. The van der Waals surface area contributed by atoms with Crippen LogP contribution in [0.4, 0.5) is 0 Å². The number of imidazole rings is 2. The zero-order valence-electron chi connectivity index (χ0n) is 27.2. The maximum absolute atomic E-state index is 13.6. The number of aryl methyl sites for hydroxylation is 1. The Balaban J connectivity index is 1.11. The molecule has 0 aliphatic carbocycles. The van der Waals surface area contributed by atoms with Crippen LogP contribution in [0.2, 0.25) is 0 Å². The van der Waals surface area contributed by atoms with Crippen molar-refractivity contribution in [2.45, 2.75) is 58.0 Å². The van der Waals surface area contributed by atoms with E-state index < -0.39 is 0 Å². The molecule has 1 aliphatic rings. The summed E-state index contributed by atoms with van der Waals surface area (Å²) >= 11 is 0. The number of carbonyl (C=O) groups excluding carboxylic acids is 1. The Bertz CT molecular complexity index is 1840. The lowest BCUT2D eigenvalue weighted by Crippen LogP contribution is -2.40. The van der Waals surface area contributed by atoms with Crippen molar-refractivity contribution in [3.8, 4) is 5.69 Å². The van der Waals surface area contributed by atoms with Gasteiger partial charge >= 0.3 is 5.69 Å². The van der Waals surface area contributed by atoms with E-state index in [0.29, 0.717) is 32.7 Å². The fourth-order valence-corrected chi connectivity index (χ4v) is 6.96. The summed E-state index contributed by atoms with van der Waals surface area (Å²) in [7, 11) is 3.38. The van der Waals surface area contributed by atoms with Crippen LogP contribution in [0, 0.1) is 5.92 Å². The summed E-state index contributed by atoms with van der Waals surface area (Å²) in [6.07, 6.45) is 4.24. The minimum atomic E-state index is -0.0738. The Hall–Kier alpha value is -4.21. The second-order valence-corrected chi connectivity index (χ2v) is 12.6. The predicted octanol–water partition coefficient (Wildman–Crippen LogP) is 5.80. The number of amides is 1. The number of carbonyl (C=O) groups is 1. The second kappa shape index (κ2) is 14.5. The van der Waals surface area contributed by atoms with Crippen molar-refractivity contribution < 1.29 is 14.3 Å². The average molecular weight is 624 g/mol. The van der Waals surface area contributed by atoms with Crippen LogP contribution in [0.1, 0.15) is 49.9 Å². The summed E-state index contributed by atoms with van der Waals surface area (Å²) in [5.74, 6) is 1.71.